The molecule has 19 heavy (non-hydrogen) atoms. The number of aromatic nitrogens is 7. The van der Waals surface area contributed by atoms with E-state index in [1.54, 1.807) is 12.4 Å². The van der Waals surface area contributed by atoms with Gasteiger partial charge in [0.05, 0.1) is 12.2 Å². The van der Waals surface area contributed by atoms with Gasteiger partial charge in [0.2, 0.25) is 5.82 Å². The molecule has 2 N–H and O–H groups in total. The third-order valence-corrected chi connectivity index (χ3v) is 3.00. The van der Waals surface area contributed by atoms with Crippen LogP contribution in [0.3, 0.4) is 0 Å². The Morgan fingerprint density at radius 1 is 1.37 bits per heavy atom. The highest BCUT2D eigenvalue weighted by atomic mass is 16.5. The highest BCUT2D eigenvalue weighted by molar-refractivity contribution is 5.50. The van der Waals surface area contributed by atoms with E-state index in [0.29, 0.717) is 29.3 Å². The van der Waals surface area contributed by atoms with E-state index in [-0.39, 0.29) is 0 Å². The molecule has 3 aromatic rings. The molecule has 0 unspecified atom stereocenters. The van der Waals surface area contributed by atoms with Gasteiger partial charge < -0.3 is 14.8 Å². The Morgan fingerprint density at radius 2 is 2.32 bits per heavy atom. The van der Waals surface area contributed by atoms with Gasteiger partial charge in [0.15, 0.2) is 11.5 Å². The molecule has 1 fully saturated rings. The van der Waals surface area contributed by atoms with Crippen LogP contribution >= 0.6 is 0 Å². The lowest BCUT2D eigenvalue weighted by atomic mass is 10.2. The second-order valence-corrected chi connectivity index (χ2v) is 4.26. The van der Waals surface area contributed by atoms with E-state index in [0.717, 1.165) is 13.1 Å². The first kappa shape index (κ1) is 10.4. The van der Waals surface area contributed by atoms with Crippen LogP contribution in [0, 0.1) is 0 Å². The minimum Gasteiger partial charge on any atom is -0.342 e. The Labute approximate surface area is 107 Å². The standard InChI is InChI=1S/C10H10N8O/c1-2-13-8(12-1)9-14-10(19-16-9)7-5-18(17-15-7)6-3-11-4-6/h1-2,5-6,11H,3-4H2,(H,12,13). The number of H-pyrrole nitrogens is 1. The van der Waals surface area contributed by atoms with E-state index >= 15 is 0 Å². The van der Waals surface area contributed by atoms with E-state index < -0.39 is 0 Å². The molecule has 3 aromatic heterocycles. The minimum atomic E-state index is 0.338. The third-order valence-electron chi connectivity index (χ3n) is 3.00. The normalized spacial score (nSPS) is 15.6. The Balaban J connectivity index is 1.63. The summed E-state index contributed by atoms with van der Waals surface area (Å²) in [4.78, 5) is 11.2. The molecule has 1 aliphatic heterocycles. The van der Waals surface area contributed by atoms with Crippen molar-refractivity contribution in [3.05, 3.63) is 18.6 Å². The monoisotopic (exact) mass is 258 g/mol. The molecular weight excluding hydrogens is 248 g/mol. The summed E-state index contributed by atoms with van der Waals surface area (Å²) in [6.45, 7) is 1.81. The van der Waals surface area contributed by atoms with Gasteiger partial charge in [0.25, 0.3) is 5.89 Å². The number of nitrogens with zero attached hydrogens (tertiary/aromatic N) is 6. The van der Waals surface area contributed by atoms with Crippen molar-refractivity contribution in [2.75, 3.05) is 13.1 Å². The highest BCUT2D eigenvalue weighted by Crippen LogP contribution is 2.19. The second kappa shape index (κ2) is 3.99. The molecule has 1 saturated heterocycles. The van der Waals surface area contributed by atoms with Crippen molar-refractivity contribution in [2.24, 2.45) is 0 Å². The van der Waals surface area contributed by atoms with Crippen LogP contribution in [0.2, 0.25) is 0 Å². The molecule has 1 aliphatic rings. The van der Waals surface area contributed by atoms with Crippen LogP contribution in [0.1, 0.15) is 6.04 Å². The maximum Gasteiger partial charge on any atom is 0.280 e. The molecule has 0 aliphatic carbocycles. The number of rotatable bonds is 3. The number of nitrogens with one attached hydrogen (secondary N) is 2. The SMILES string of the molecule is c1c[nH]c(-c2noc(-c3cn(C4CNC4)nn3)n2)n1. The molecule has 96 valence electrons. The van der Waals surface area contributed by atoms with Gasteiger partial charge in [-0.2, -0.15) is 4.98 Å². The zero-order chi connectivity index (χ0) is 12.7. The first-order valence-electron chi connectivity index (χ1n) is 5.86. The van der Waals surface area contributed by atoms with Gasteiger partial charge in [-0.1, -0.05) is 10.4 Å². The fourth-order valence-electron chi connectivity index (χ4n) is 1.82. The molecule has 0 aromatic carbocycles. The van der Waals surface area contributed by atoms with Gasteiger partial charge in [0, 0.05) is 25.5 Å². The van der Waals surface area contributed by atoms with Gasteiger partial charge in [-0.3, -0.25) is 0 Å². The predicted molar refractivity (Wildman–Crippen MR) is 62.8 cm³/mol. The summed E-state index contributed by atoms with van der Waals surface area (Å²) in [5.74, 6) is 1.30. The molecule has 0 bridgehead atoms. The summed E-state index contributed by atoms with van der Waals surface area (Å²) in [5.41, 5.74) is 0.567. The number of hydrogen-bond acceptors (Lipinski definition) is 7. The highest BCUT2D eigenvalue weighted by Gasteiger charge is 2.22. The fourth-order valence-corrected chi connectivity index (χ4v) is 1.82. The Bertz CT molecular complexity index is 680. The van der Waals surface area contributed by atoms with Gasteiger partial charge in [-0.05, 0) is 0 Å². The smallest absolute Gasteiger partial charge is 0.280 e. The average Bonchev–Trinajstić information content (AvgIpc) is 3.08. The third kappa shape index (κ3) is 1.71. The maximum atomic E-state index is 5.17. The molecule has 0 atom stereocenters. The average molecular weight is 258 g/mol. The Hall–Kier alpha value is -2.55. The molecule has 0 radical (unpaired) electrons. The molecule has 9 heteroatoms. The quantitative estimate of drug-likeness (QED) is 0.672. The van der Waals surface area contributed by atoms with Crippen molar-refractivity contribution in [2.45, 2.75) is 6.04 Å². The Kier molecular flexibility index (Phi) is 2.18. The van der Waals surface area contributed by atoms with Crippen molar-refractivity contribution in [3.63, 3.8) is 0 Å². The zero-order valence-electron chi connectivity index (χ0n) is 9.82. The molecular formula is C10H10N8O. The predicted octanol–water partition coefficient (Wildman–Crippen LogP) is -0.138. The molecule has 4 rings (SSSR count). The van der Waals surface area contributed by atoms with Crippen LogP contribution in [0.15, 0.2) is 23.1 Å². The van der Waals surface area contributed by atoms with E-state index in [9.17, 15) is 0 Å². The molecule has 0 amide bonds. The van der Waals surface area contributed by atoms with Crippen molar-refractivity contribution >= 4 is 0 Å². The molecule has 0 saturated carbocycles. The first-order chi connectivity index (χ1) is 9.40. The topological polar surface area (TPSA) is 110 Å². The second-order valence-electron chi connectivity index (χ2n) is 4.26. The van der Waals surface area contributed by atoms with Gasteiger partial charge >= 0.3 is 0 Å². The molecule has 9 nitrogen and oxygen atoms in total. The summed E-state index contributed by atoms with van der Waals surface area (Å²) >= 11 is 0. The van der Waals surface area contributed by atoms with E-state index in [1.165, 1.54) is 0 Å². The Morgan fingerprint density at radius 3 is 3.05 bits per heavy atom. The summed E-state index contributed by atoms with van der Waals surface area (Å²) in [6, 6.07) is 0.355. The number of hydrogen-bond donors (Lipinski definition) is 2. The molecule has 0 spiro atoms. The van der Waals surface area contributed by atoms with E-state index in [2.05, 4.69) is 35.7 Å². The van der Waals surface area contributed by atoms with E-state index in [1.807, 2.05) is 10.9 Å². The minimum absolute atomic E-state index is 0.338. The summed E-state index contributed by atoms with van der Waals surface area (Å²) in [7, 11) is 0. The van der Waals surface area contributed by atoms with E-state index in [4.69, 9.17) is 4.52 Å². The largest absolute Gasteiger partial charge is 0.342 e. The van der Waals surface area contributed by atoms with Gasteiger partial charge in [0.1, 0.15) is 0 Å². The fraction of sp³-hybridized carbons (Fsp3) is 0.300. The van der Waals surface area contributed by atoms with Gasteiger partial charge in [-0.15, -0.1) is 5.10 Å². The van der Waals surface area contributed by atoms with Crippen LogP contribution in [0.5, 0.6) is 0 Å². The number of aromatic amines is 1. The van der Waals surface area contributed by atoms with Crippen LogP contribution in [-0.4, -0.2) is 48.2 Å². The summed E-state index contributed by atoms with van der Waals surface area (Å²) in [6.07, 6.45) is 5.14. The van der Waals surface area contributed by atoms with Crippen LogP contribution in [0.25, 0.3) is 23.2 Å². The van der Waals surface area contributed by atoms with Crippen molar-refractivity contribution < 1.29 is 4.52 Å². The van der Waals surface area contributed by atoms with Crippen LogP contribution in [0.4, 0.5) is 0 Å². The zero-order valence-corrected chi connectivity index (χ0v) is 9.82. The summed E-state index contributed by atoms with van der Waals surface area (Å²) in [5, 5.41) is 15.1. The first-order valence-corrected chi connectivity index (χ1v) is 5.86. The molecule has 4 heterocycles. The lowest BCUT2D eigenvalue weighted by molar-refractivity contribution is 0.313. The van der Waals surface area contributed by atoms with Crippen molar-refractivity contribution in [1.29, 1.82) is 0 Å². The lowest BCUT2D eigenvalue weighted by Crippen LogP contribution is -2.43. The lowest BCUT2D eigenvalue weighted by Gasteiger charge is -2.26. The summed E-state index contributed by atoms with van der Waals surface area (Å²) < 4.78 is 6.97. The van der Waals surface area contributed by atoms with Crippen molar-refractivity contribution in [1.82, 2.24) is 40.4 Å². The van der Waals surface area contributed by atoms with Crippen LogP contribution < -0.4 is 5.32 Å². The maximum absolute atomic E-state index is 5.17. The number of imidazole rings is 1. The van der Waals surface area contributed by atoms with Crippen LogP contribution in [-0.2, 0) is 0 Å². The van der Waals surface area contributed by atoms with Crippen molar-refractivity contribution in [3.8, 4) is 23.2 Å². The van der Waals surface area contributed by atoms with Gasteiger partial charge in [-0.25, -0.2) is 9.67 Å².